The summed E-state index contributed by atoms with van der Waals surface area (Å²) in [7, 11) is 0. The van der Waals surface area contributed by atoms with Gasteiger partial charge in [-0.1, -0.05) is 24.3 Å². The van der Waals surface area contributed by atoms with E-state index in [2.05, 4.69) is 10.4 Å². The highest BCUT2D eigenvalue weighted by atomic mass is 16.5. The predicted molar refractivity (Wildman–Crippen MR) is 141 cm³/mol. The van der Waals surface area contributed by atoms with Crippen LogP contribution in [0.25, 0.3) is 22.2 Å². The molecule has 0 atom stereocenters. The molecule has 0 spiro atoms. The van der Waals surface area contributed by atoms with Gasteiger partial charge in [-0.25, -0.2) is 9.97 Å². The molecular weight excluding hydrogens is 456 g/mol. The number of ether oxygens (including phenoxy) is 1. The third-order valence-electron chi connectivity index (χ3n) is 5.58. The van der Waals surface area contributed by atoms with Gasteiger partial charge in [0.05, 0.1) is 23.9 Å². The molecule has 0 aliphatic rings. The number of amides is 1. The number of phenolic OH excluding ortho intramolecular Hbond substituents is 1. The minimum absolute atomic E-state index is 0.0346. The Bertz CT molecular complexity index is 1640. The molecule has 2 aromatic heterocycles. The van der Waals surface area contributed by atoms with E-state index in [1.165, 1.54) is 10.7 Å². The van der Waals surface area contributed by atoms with Gasteiger partial charge >= 0.3 is 0 Å². The van der Waals surface area contributed by atoms with E-state index < -0.39 is 5.91 Å². The van der Waals surface area contributed by atoms with Crippen molar-refractivity contribution >= 4 is 45.8 Å². The number of hydrogen-bond acceptors (Lipinski definition) is 7. The standard InChI is InChI=1S/C27H24N6O3/c1-3-36-22-14-17(11-12-21(22)34)15-29-33-25(28)23(27(35)30-18-8-6-7-16(2)13-18)24-26(33)32-20-10-5-4-9-19(20)31-24/h4-15,34H,3,28H2,1-2H3,(H,30,35)/b29-15+. The number of carbonyl (C=O) groups excluding carboxylic acids is 1. The first kappa shape index (κ1) is 22.9. The third kappa shape index (κ3) is 4.29. The molecule has 4 N–H and O–H groups in total. The summed E-state index contributed by atoms with van der Waals surface area (Å²) < 4.78 is 6.85. The number of hydrogen-bond donors (Lipinski definition) is 3. The van der Waals surface area contributed by atoms with Gasteiger partial charge in [-0.05, 0) is 67.4 Å². The van der Waals surface area contributed by atoms with Crippen LogP contribution in [0.2, 0.25) is 0 Å². The molecule has 0 bridgehead atoms. The molecule has 1 amide bonds. The van der Waals surface area contributed by atoms with Crippen LogP contribution >= 0.6 is 0 Å². The molecule has 0 radical (unpaired) electrons. The Morgan fingerprint density at radius 2 is 1.89 bits per heavy atom. The first-order valence-corrected chi connectivity index (χ1v) is 11.4. The SMILES string of the molecule is CCOc1cc(/C=N/n2c(N)c(C(=O)Nc3cccc(C)c3)c3nc4ccccc4nc32)ccc1O. The Labute approximate surface area is 206 Å². The van der Waals surface area contributed by atoms with E-state index in [9.17, 15) is 9.90 Å². The van der Waals surface area contributed by atoms with Crippen LogP contribution in [0, 0.1) is 6.92 Å². The minimum Gasteiger partial charge on any atom is -0.504 e. The van der Waals surface area contributed by atoms with E-state index >= 15 is 0 Å². The van der Waals surface area contributed by atoms with Crippen molar-refractivity contribution in [2.75, 3.05) is 17.7 Å². The van der Waals surface area contributed by atoms with Gasteiger partial charge in [-0.3, -0.25) is 4.79 Å². The molecule has 0 saturated heterocycles. The fourth-order valence-corrected chi connectivity index (χ4v) is 3.91. The zero-order valence-corrected chi connectivity index (χ0v) is 19.8. The smallest absolute Gasteiger partial charge is 0.261 e. The van der Waals surface area contributed by atoms with Crippen LogP contribution in [0.15, 0.2) is 71.8 Å². The maximum Gasteiger partial charge on any atom is 0.261 e. The topological polar surface area (TPSA) is 128 Å². The second-order valence-electron chi connectivity index (χ2n) is 8.18. The molecule has 3 aromatic carbocycles. The van der Waals surface area contributed by atoms with Crippen molar-refractivity contribution in [3.8, 4) is 11.5 Å². The summed E-state index contributed by atoms with van der Waals surface area (Å²) in [5, 5.41) is 17.4. The van der Waals surface area contributed by atoms with Crippen LogP contribution in [0.4, 0.5) is 11.5 Å². The highest BCUT2D eigenvalue weighted by Crippen LogP contribution is 2.30. The first-order valence-electron chi connectivity index (χ1n) is 11.4. The van der Waals surface area contributed by atoms with Crippen molar-refractivity contribution < 1.29 is 14.6 Å². The lowest BCUT2D eigenvalue weighted by molar-refractivity contribution is 0.102. The molecule has 5 rings (SSSR count). The third-order valence-corrected chi connectivity index (χ3v) is 5.58. The molecular formula is C27H24N6O3. The molecule has 9 heteroatoms. The molecule has 5 aromatic rings. The molecule has 2 heterocycles. The first-order chi connectivity index (χ1) is 17.4. The van der Waals surface area contributed by atoms with Crippen LogP contribution in [0.1, 0.15) is 28.4 Å². The number of rotatable bonds is 6. The molecule has 0 saturated carbocycles. The van der Waals surface area contributed by atoms with Gasteiger partial charge in [0, 0.05) is 5.69 Å². The van der Waals surface area contributed by atoms with Crippen LogP contribution in [0.3, 0.4) is 0 Å². The summed E-state index contributed by atoms with van der Waals surface area (Å²) >= 11 is 0. The Balaban J connectivity index is 1.63. The summed E-state index contributed by atoms with van der Waals surface area (Å²) in [5.41, 5.74) is 10.9. The second kappa shape index (κ2) is 9.38. The number of aromatic hydroxyl groups is 1. The molecule has 36 heavy (non-hydrogen) atoms. The summed E-state index contributed by atoms with van der Waals surface area (Å²) in [4.78, 5) is 22.8. The van der Waals surface area contributed by atoms with Gasteiger partial charge in [0.15, 0.2) is 17.1 Å². The average molecular weight is 481 g/mol. The van der Waals surface area contributed by atoms with Gasteiger partial charge in [-0.2, -0.15) is 9.78 Å². The Hall–Kier alpha value is -4.92. The lowest BCUT2D eigenvalue weighted by Gasteiger charge is -2.07. The zero-order valence-electron chi connectivity index (χ0n) is 19.8. The molecule has 180 valence electrons. The molecule has 9 nitrogen and oxygen atoms in total. The molecule has 0 unspecified atom stereocenters. The number of anilines is 2. The predicted octanol–water partition coefficient (Wildman–Crippen LogP) is 4.71. The summed E-state index contributed by atoms with van der Waals surface area (Å²) in [5.74, 6) is 0.0681. The summed E-state index contributed by atoms with van der Waals surface area (Å²) in [6.07, 6.45) is 1.55. The largest absolute Gasteiger partial charge is 0.504 e. The molecule has 0 aliphatic carbocycles. The number of aryl methyl sites for hydroxylation is 1. The maximum absolute atomic E-state index is 13.4. The lowest BCUT2D eigenvalue weighted by atomic mass is 10.2. The number of para-hydroxylation sites is 2. The second-order valence-corrected chi connectivity index (χ2v) is 8.18. The fourth-order valence-electron chi connectivity index (χ4n) is 3.91. The van der Waals surface area contributed by atoms with Crippen molar-refractivity contribution in [3.05, 3.63) is 83.4 Å². The Kier molecular flexibility index (Phi) is 5.95. The number of carbonyl (C=O) groups is 1. The van der Waals surface area contributed by atoms with Gasteiger partial charge in [0.1, 0.15) is 16.9 Å². The van der Waals surface area contributed by atoms with Gasteiger partial charge < -0.3 is 20.9 Å². The van der Waals surface area contributed by atoms with E-state index in [0.717, 1.165) is 5.56 Å². The monoisotopic (exact) mass is 480 g/mol. The molecule has 0 fully saturated rings. The van der Waals surface area contributed by atoms with E-state index in [1.807, 2.05) is 56.3 Å². The van der Waals surface area contributed by atoms with Crippen LogP contribution in [-0.2, 0) is 0 Å². The van der Waals surface area contributed by atoms with E-state index in [1.54, 1.807) is 24.4 Å². The maximum atomic E-state index is 13.4. The van der Waals surface area contributed by atoms with Gasteiger partial charge in [0.2, 0.25) is 0 Å². The van der Waals surface area contributed by atoms with Gasteiger partial charge in [0.25, 0.3) is 5.91 Å². The zero-order chi connectivity index (χ0) is 25.2. The van der Waals surface area contributed by atoms with Crippen LogP contribution in [0.5, 0.6) is 11.5 Å². The number of nitrogen functional groups attached to an aromatic ring is 1. The lowest BCUT2D eigenvalue weighted by Crippen LogP contribution is -2.14. The Morgan fingerprint density at radius 3 is 2.64 bits per heavy atom. The number of benzene rings is 3. The van der Waals surface area contributed by atoms with Crippen molar-refractivity contribution in [2.24, 2.45) is 5.10 Å². The highest BCUT2D eigenvalue weighted by molar-refractivity contribution is 6.16. The quantitative estimate of drug-likeness (QED) is 0.302. The number of nitrogens with one attached hydrogen (secondary N) is 1. The number of phenols is 1. The number of aromatic nitrogens is 3. The average Bonchev–Trinajstić information content (AvgIpc) is 3.13. The normalized spacial score (nSPS) is 11.4. The van der Waals surface area contributed by atoms with E-state index in [-0.39, 0.29) is 17.1 Å². The van der Waals surface area contributed by atoms with E-state index in [4.69, 9.17) is 20.4 Å². The molecule has 0 aliphatic heterocycles. The minimum atomic E-state index is -0.412. The van der Waals surface area contributed by atoms with Gasteiger partial charge in [-0.15, -0.1) is 0 Å². The van der Waals surface area contributed by atoms with Crippen molar-refractivity contribution in [1.82, 2.24) is 14.6 Å². The van der Waals surface area contributed by atoms with Crippen molar-refractivity contribution in [1.29, 1.82) is 0 Å². The summed E-state index contributed by atoms with van der Waals surface area (Å²) in [6, 6.07) is 19.7. The van der Waals surface area contributed by atoms with Crippen LogP contribution < -0.4 is 15.8 Å². The highest BCUT2D eigenvalue weighted by Gasteiger charge is 2.24. The summed E-state index contributed by atoms with van der Waals surface area (Å²) in [6.45, 7) is 4.19. The van der Waals surface area contributed by atoms with Crippen molar-refractivity contribution in [2.45, 2.75) is 13.8 Å². The fraction of sp³-hybridized carbons (Fsp3) is 0.111. The van der Waals surface area contributed by atoms with Crippen LogP contribution in [-0.4, -0.2) is 38.5 Å². The van der Waals surface area contributed by atoms with Crippen molar-refractivity contribution in [3.63, 3.8) is 0 Å². The number of nitrogens with zero attached hydrogens (tertiary/aromatic N) is 4. The number of nitrogens with two attached hydrogens (primary N) is 1. The number of fused-ring (bicyclic) bond motifs is 2. The van der Waals surface area contributed by atoms with E-state index in [0.29, 0.717) is 45.8 Å². The Morgan fingerprint density at radius 1 is 1.11 bits per heavy atom.